The van der Waals surface area contributed by atoms with Gasteiger partial charge < -0.3 is 10.0 Å². The Hall–Kier alpha value is -4.23. The van der Waals surface area contributed by atoms with Crippen LogP contribution < -0.4 is 5.69 Å². The van der Waals surface area contributed by atoms with Gasteiger partial charge in [-0.15, -0.1) is 16.8 Å². The summed E-state index contributed by atoms with van der Waals surface area (Å²) in [4.78, 5) is 31.6. The zero-order valence-electron chi connectivity index (χ0n) is 20.6. The minimum absolute atomic E-state index is 0.0967. The average molecular weight is 562 g/mol. The first-order chi connectivity index (χ1) is 18.5. The molecular weight excluding hydrogens is 539 g/mol. The van der Waals surface area contributed by atoms with Crippen LogP contribution in [-0.4, -0.2) is 70.9 Å². The fourth-order valence-corrected chi connectivity index (χ4v) is 3.88. The normalized spacial score (nSPS) is 12.4. The Balaban J connectivity index is 1.68. The molecule has 0 saturated carbocycles. The van der Waals surface area contributed by atoms with Crippen LogP contribution in [0, 0.1) is 0 Å². The summed E-state index contributed by atoms with van der Waals surface area (Å²) >= 11 is 5.91. The van der Waals surface area contributed by atoms with Crippen molar-refractivity contribution in [2.45, 2.75) is 25.4 Å². The average Bonchev–Trinajstić information content (AvgIpc) is 3.49. The van der Waals surface area contributed by atoms with Crippen molar-refractivity contribution in [3.8, 4) is 17.1 Å². The molecule has 4 rings (SSSR count). The Labute approximate surface area is 225 Å². The molecule has 10 nitrogen and oxygen atoms in total. The number of likely N-dealkylation sites (N-methyl/N-ethyl adjacent to an activating group) is 1. The molecule has 0 radical (unpaired) electrons. The summed E-state index contributed by atoms with van der Waals surface area (Å²) in [6, 6.07) is 12.7. The van der Waals surface area contributed by atoms with Gasteiger partial charge in [-0.3, -0.25) is 9.36 Å². The quantitative estimate of drug-likeness (QED) is 0.314. The van der Waals surface area contributed by atoms with Gasteiger partial charge in [-0.25, -0.2) is 19.1 Å². The Kier molecular flexibility index (Phi) is 8.02. The minimum atomic E-state index is -4.94. The van der Waals surface area contributed by atoms with E-state index in [1.165, 1.54) is 40.2 Å². The van der Waals surface area contributed by atoms with Gasteiger partial charge in [-0.2, -0.15) is 13.2 Å². The molecule has 0 spiro atoms. The fraction of sp³-hybridized carbons (Fsp3) is 0.240. The van der Waals surface area contributed by atoms with Crippen molar-refractivity contribution >= 4 is 17.5 Å². The molecule has 0 saturated heterocycles. The highest BCUT2D eigenvalue weighted by molar-refractivity contribution is 6.30. The molecule has 14 heteroatoms. The molecule has 1 amide bonds. The smallest absolute Gasteiger partial charge is 0.382 e. The van der Waals surface area contributed by atoms with E-state index in [2.05, 4.69) is 21.8 Å². The van der Waals surface area contributed by atoms with Crippen LogP contribution in [-0.2, 0) is 13.1 Å². The number of carbonyl (C=O) groups is 1. The van der Waals surface area contributed by atoms with E-state index >= 15 is 0 Å². The van der Waals surface area contributed by atoms with Crippen LogP contribution in [0.15, 0.2) is 72.3 Å². The van der Waals surface area contributed by atoms with E-state index in [4.69, 9.17) is 11.6 Å². The Morgan fingerprint density at radius 1 is 1.18 bits per heavy atom. The number of aliphatic hydroxyl groups is 1. The molecular formula is C25H23ClF3N7O3. The van der Waals surface area contributed by atoms with Crippen LogP contribution in [0.3, 0.4) is 0 Å². The molecule has 2 aromatic carbocycles. The number of rotatable bonds is 9. The third-order valence-corrected chi connectivity index (χ3v) is 5.97. The molecule has 0 aliphatic carbocycles. The van der Waals surface area contributed by atoms with Crippen molar-refractivity contribution < 1.29 is 23.1 Å². The summed E-state index contributed by atoms with van der Waals surface area (Å²) in [6.45, 7) is 2.62. The van der Waals surface area contributed by atoms with Gasteiger partial charge in [0.1, 0.15) is 12.9 Å². The van der Waals surface area contributed by atoms with E-state index in [9.17, 15) is 27.9 Å². The maximum absolute atomic E-state index is 13.1. The van der Waals surface area contributed by atoms with E-state index in [0.29, 0.717) is 28.4 Å². The fourth-order valence-electron chi connectivity index (χ4n) is 3.75. The number of hydrogen-bond acceptors (Lipinski definition) is 6. The number of para-hydroxylation sites is 1. The summed E-state index contributed by atoms with van der Waals surface area (Å²) in [6.07, 6.45) is -4.78. The van der Waals surface area contributed by atoms with Gasteiger partial charge in [0.15, 0.2) is 17.8 Å². The van der Waals surface area contributed by atoms with Gasteiger partial charge >= 0.3 is 11.9 Å². The molecule has 1 atom stereocenters. The van der Waals surface area contributed by atoms with Gasteiger partial charge in [0, 0.05) is 24.2 Å². The van der Waals surface area contributed by atoms with Gasteiger partial charge in [0.25, 0.3) is 5.91 Å². The number of nitrogens with zero attached hydrogens (tertiary/aromatic N) is 7. The standard InChI is InChI=1S/C25H23ClF3N7O3/c1-3-12-33(2)23(38)18-6-4-5-7-19(18)36-15-30-21(31-36)14-35-24(39)34(13-20(37)25(27,28)29)22(32-35)16-8-10-17(26)11-9-16/h3-11,15,20,37H,1,12-14H2,2H3. The largest absolute Gasteiger partial charge is 0.416 e. The second kappa shape index (κ2) is 11.3. The van der Waals surface area contributed by atoms with Crippen molar-refractivity contribution in [3.05, 3.63) is 94.4 Å². The number of alkyl halides is 3. The number of aromatic nitrogens is 6. The van der Waals surface area contributed by atoms with E-state index in [1.807, 2.05) is 0 Å². The summed E-state index contributed by atoms with van der Waals surface area (Å²) in [5, 5.41) is 18.6. The van der Waals surface area contributed by atoms with Crippen LogP contribution >= 0.6 is 11.6 Å². The molecule has 0 aliphatic heterocycles. The molecule has 4 aromatic rings. The molecule has 39 heavy (non-hydrogen) atoms. The third-order valence-electron chi connectivity index (χ3n) is 5.72. The lowest BCUT2D eigenvalue weighted by Gasteiger charge is -2.17. The summed E-state index contributed by atoms with van der Waals surface area (Å²) in [5.41, 5.74) is 0.205. The Bertz CT molecular complexity index is 1540. The number of amides is 1. The van der Waals surface area contributed by atoms with E-state index in [-0.39, 0.29) is 24.1 Å². The SMILES string of the molecule is C=CCN(C)C(=O)c1ccccc1-n1cnc(Cn2nc(-c3ccc(Cl)cc3)n(CC(O)C(F)(F)F)c2=O)n1. The van der Waals surface area contributed by atoms with E-state index in [1.54, 1.807) is 37.4 Å². The Morgan fingerprint density at radius 2 is 1.87 bits per heavy atom. The predicted octanol–water partition coefficient (Wildman–Crippen LogP) is 3.18. The summed E-state index contributed by atoms with van der Waals surface area (Å²) in [5.74, 6) is -0.253. The highest BCUT2D eigenvalue weighted by atomic mass is 35.5. The minimum Gasteiger partial charge on any atom is -0.382 e. The predicted molar refractivity (Wildman–Crippen MR) is 137 cm³/mol. The number of hydrogen-bond donors (Lipinski definition) is 1. The van der Waals surface area contributed by atoms with Gasteiger partial charge in [0.2, 0.25) is 0 Å². The maximum atomic E-state index is 13.1. The van der Waals surface area contributed by atoms with Gasteiger partial charge in [0.05, 0.1) is 17.8 Å². The monoisotopic (exact) mass is 561 g/mol. The number of halogens is 4. The third kappa shape index (κ3) is 6.10. The zero-order valence-corrected chi connectivity index (χ0v) is 21.3. The molecule has 1 unspecified atom stereocenters. The first-order valence-corrected chi connectivity index (χ1v) is 11.9. The highest BCUT2D eigenvalue weighted by Gasteiger charge is 2.39. The highest BCUT2D eigenvalue weighted by Crippen LogP contribution is 2.24. The number of benzene rings is 2. The molecule has 2 aromatic heterocycles. The molecule has 1 N–H and O–H groups in total. The lowest BCUT2D eigenvalue weighted by molar-refractivity contribution is -0.207. The second-order valence-electron chi connectivity index (χ2n) is 8.54. The van der Waals surface area contributed by atoms with Crippen molar-refractivity contribution in [1.82, 2.24) is 34.0 Å². The van der Waals surface area contributed by atoms with Crippen molar-refractivity contribution in [1.29, 1.82) is 0 Å². The molecule has 0 fully saturated rings. The first-order valence-electron chi connectivity index (χ1n) is 11.5. The summed E-state index contributed by atoms with van der Waals surface area (Å²) in [7, 11) is 1.63. The number of aliphatic hydroxyl groups excluding tert-OH is 1. The number of carbonyl (C=O) groups excluding carboxylic acids is 1. The lowest BCUT2D eigenvalue weighted by atomic mass is 10.1. The molecule has 2 heterocycles. The lowest BCUT2D eigenvalue weighted by Crippen LogP contribution is -2.37. The topological polar surface area (TPSA) is 111 Å². The van der Waals surface area contributed by atoms with Crippen LogP contribution in [0.25, 0.3) is 17.1 Å². The molecule has 0 bridgehead atoms. The van der Waals surface area contributed by atoms with Gasteiger partial charge in [-0.1, -0.05) is 29.8 Å². The van der Waals surface area contributed by atoms with Crippen LogP contribution in [0.1, 0.15) is 16.2 Å². The van der Waals surface area contributed by atoms with Gasteiger partial charge in [-0.05, 0) is 36.4 Å². The van der Waals surface area contributed by atoms with E-state index < -0.39 is 24.5 Å². The summed E-state index contributed by atoms with van der Waals surface area (Å²) < 4.78 is 42.3. The van der Waals surface area contributed by atoms with Crippen LogP contribution in [0.4, 0.5) is 13.2 Å². The van der Waals surface area contributed by atoms with Crippen molar-refractivity contribution in [2.75, 3.05) is 13.6 Å². The van der Waals surface area contributed by atoms with Crippen molar-refractivity contribution in [2.24, 2.45) is 0 Å². The first kappa shape index (κ1) is 27.8. The van der Waals surface area contributed by atoms with Crippen LogP contribution in [0.5, 0.6) is 0 Å². The molecule has 0 aliphatic rings. The maximum Gasteiger partial charge on any atom is 0.416 e. The molecule has 204 valence electrons. The van der Waals surface area contributed by atoms with Crippen molar-refractivity contribution in [3.63, 3.8) is 0 Å². The zero-order chi connectivity index (χ0) is 28.3. The Morgan fingerprint density at radius 3 is 2.54 bits per heavy atom. The second-order valence-corrected chi connectivity index (χ2v) is 8.97. The van der Waals surface area contributed by atoms with E-state index in [0.717, 1.165) is 9.25 Å². The van der Waals surface area contributed by atoms with Crippen LogP contribution in [0.2, 0.25) is 5.02 Å².